The van der Waals surface area contributed by atoms with Crippen molar-refractivity contribution in [1.82, 2.24) is 4.90 Å². The van der Waals surface area contributed by atoms with Crippen LogP contribution in [-0.2, 0) is 0 Å². The van der Waals surface area contributed by atoms with E-state index < -0.39 is 17.6 Å². The third-order valence-electron chi connectivity index (χ3n) is 4.83. The zero-order chi connectivity index (χ0) is 18.1. The number of nitrogens with zero attached hydrogens (tertiary/aromatic N) is 2. The number of likely N-dealkylation sites (tertiary alicyclic amines) is 1. The lowest BCUT2D eigenvalue weighted by Crippen LogP contribution is -2.29. The zero-order valence-electron chi connectivity index (χ0n) is 14.3. The highest BCUT2D eigenvalue weighted by molar-refractivity contribution is 6.34. The first kappa shape index (κ1) is 16.7. The molecule has 0 bridgehead atoms. The van der Waals surface area contributed by atoms with Crippen LogP contribution < -0.4 is 9.64 Å². The van der Waals surface area contributed by atoms with E-state index in [1.807, 2.05) is 0 Å². The summed E-state index contributed by atoms with van der Waals surface area (Å²) in [5, 5.41) is 0. The summed E-state index contributed by atoms with van der Waals surface area (Å²) in [6.45, 7) is 3.29. The summed E-state index contributed by atoms with van der Waals surface area (Å²) < 4.78 is 19.9. The van der Waals surface area contributed by atoms with Crippen LogP contribution in [0.2, 0.25) is 0 Å². The minimum Gasteiger partial charge on any atom is -0.489 e. The van der Waals surface area contributed by atoms with Crippen molar-refractivity contribution in [2.45, 2.75) is 12.8 Å². The molecule has 5 nitrogen and oxygen atoms in total. The van der Waals surface area contributed by atoms with E-state index >= 15 is 0 Å². The van der Waals surface area contributed by atoms with Crippen molar-refractivity contribution in [3.63, 3.8) is 0 Å². The van der Waals surface area contributed by atoms with Gasteiger partial charge in [-0.3, -0.25) is 14.5 Å². The van der Waals surface area contributed by atoms with Gasteiger partial charge in [-0.05, 0) is 50.2 Å². The smallest absolute Gasteiger partial charge is 0.266 e. The van der Waals surface area contributed by atoms with Gasteiger partial charge in [-0.1, -0.05) is 12.1 Å². The molecular weight excluding hydrogens is 335 g/mol. The van der Waals surface area contributed by atoms with Gasteiger partial charge in [0.1, 0.15) is 6.61 Å². The second-order valence-electron chi connectivity index (χ2n) is 6.50. The van der Waals surface area contributed by atoms with E-state index in [-0.39, 0.29) is 11.4 Å². The molecule has 0 atom stereocenters. The SMILES string of the molecule is O=C1c2ccccc2C(=O)N1c1ccc(OCCN2CCCC2)c(F)c1. The Morgan fingerprint density at radius 1 is 0.962 bits per heavy atom. The van der Waals surface area contributed by atoms with Gasteiger partial charge in [0.25, 0.3) is 11.8 Å². The molecule has 2 aliphatic rings. The number of ether oxygens (including phenoxy) is 1. The normalized spacial score (nSPS) is 17.0. The first-order valence-corrected chi connectivity index (χ1v) is 8.77. The van der Waals surface area contributed by atoms with Crippen molar-refractivity contribution < 1.29 is 18.7 Å². The maximum Gasteiger partial charge on any atom is 0.266 e. The molecule has 0 N–H and O–H groups in total. The molecule has 2 aliphatic heterocycles. The molecule has 0 saturated carbocycles. The van der Waals surface area contributed by atoms with Crippen molar-refractivity contribution >= 4 is 17.5 Å². The molecule has 0 aliphatic carbocycles. The van der Waals surface area contributed by atoms with Gasteiger partial charge in [0.15, 0.2) is 11.6 Å². The standard InChI is InChI=1S/C20H19FN2O3/c21-17-13-14(7-8-18(17)26-12-11-22-9-3-4-10-22)23-19(24)15-5-1-2-6-16(15)20(23)25/h1-2,5-8,13H,3-4,9-12H2. The van der Waals surface area contributed by atoms with Crippen molar-refractivity contribution in [3.05, 3.63) is 59.4 Å². The molecule has 6 heteroatoms. The largest absolute Gasteiger partial charge is 0.489 e. The molecule has 0 radical (unpaired) electrons. The third-order valence-corrected chi connectivity index (χ3v) is 4.83. The minimum atomic E-state index is -0.583. The van der Waals surface area contributed by atoms with Gasteiger partial charge in [-0.15, -0.1) is 0 Å². The van der Waals surface area contributed by atoms with Gasteiger partial charge in [-0.25, -0.2) is 9.29 Å². The zero-order valence-corrected chi connectivity index (χ0v) is 14.3. The van der Waals surface area contributed by atoms with Gasteiger partial charge in [0, 0.05) is 12.6 Å². The van der Waals surface area contributed by atoms with E-state index in [1.165, 1.54) is 31.0 Å². The molecular formula is C20H19FN2O3. The highest BCUT2D eigenvalue weighted by Gasteiger charge is 2.36. The number of halogens is 1. The number of carbonyl (C=O) groups is 2. The topological polar surface area (TPSA) is 49.9 Å². The maximum absolute atomic E-state index is 14.4. The fraction of sp³-hybridized carbons (Fsp3) is 0.300. The van der Waals surface area contributed by atoms with E-state index in [0.29, 0.717) is 17.7 Å². The Morgan fingerprint density at radius 3 is 2.23 bits per heavy atom. The number of fused-ring (bicyclic) bond motifs is 1. The first-order chi connectivity index (χ1) is 12.6. The van der Waals surface area contributed by atoms with Crippen LogP contribution in [0.25, 0.3) is 0 Å². The average molecular weight is 354 g/mol. The van der Waals surface area contributed by atoms with E-state index in [4.69, 9.17) is 4.74 Å². The van der Waals surface area contributed by atoms with Crippen molar-refractivity contribution in [3.8, 4) is 5.75 Å². The number of carbonyl (C=O) groups excluding carboxylic acids is 2. The van der Waals surface area contributed by atoms with Gasteiger partial charge in [0.2, 0.25) is 0 Å². The number of imide groups is 1. The van der Waals surface area contributed by atoms with Crippen molar-refractivity contribution in [2.24, 2.45) is 0 Å². The van der Waals surface area contributed by atoms with Crippen LogP contribution in [0.1, 0.15) is 33.6 Å². The van der Waals surface area contributed by atoms with Crippen LogP contribution in [0.4, 0.5) is 10.1 Å². The summed E-state index contributed by atoms with van der Waals surface area (Å²) >= 11 is 0. The molecule has 0 spiro atoms. The lowest BCUT2D eigenvalue weighted by Gasteiger charge is -2.17. The van der Waals surface area contributed by atoms with Crippen LogP contribution in [0, 0.1) is 5.82 Å². The molecule has 134 valence electrons. The van der Waals surface area contributed by atoms with E-state index in [2.05, 4.69) is 4.90 Å². The molecule has 0 unspecified atom stereocenters. The lowest BCUT2D eigenvalue weighted by molar-refractivity contribution is 0.0926. The van der Waals surface area contributed by atoms with E-state index in [0.717, 1.165) is 24.5 Å². The summed E-state index contributed by atoms with van der Waals surface area (Å²) in [5.74, 6) is -1.33. The monoisotopic (exact) mass is 354 g/mol. The summed E-state index contributed by atoms with van der Waals surface area (Å²) in [6.07, 6.45) is 2.40. The van der Waals surface area contributed by atoms with Crippen molar-refractivity contribution in [2.75, 3.05) is 31.1 Å². The summed E-state index contributed by atoms with van der Waals surface area (Å²) in [7, 11) is 0. The molecule has 1 saturated heterocycles. The predicted molar refractivity (Wildman–Crippen MR) is 95.2 cm³/mol. The average Bonchev–Trinajstić information content (AvgIpc) is 3.24. The predicted octanol–water partition coefficient (Wildman–Crippen LogP) is 3.10. The first-order valence-electron chi connectivity index (χ1n) is 8.77. The Bertz CT molecular complexity index is 827. The molecule has 26 heavy (non-hydrogen) atoms. The van der Waals surface area contributed by atoms with Crippen LogP contribution >= 0.6 is 0 Å². The summed E-state index contributed by atoms with van der Waals surface area (Å²) in [5.41, 5.74) is 0.883. The number of hydrogen-bond acceptors (Lipinski definition) is 4. The second kappa shape index (κ2) is 6.88. The summed E-state index contributed by atoms with van der Waals surface area (Å²) in [4.78, 5) is 28.2. The van der Waals surface area contributed by atoms with E-state index in [1.54, 1.807) is 24.3 Å². The number of anilines is 1. The molecule has 2 aromatic carbocycles. The molecule has 1 fully saturated rings. The highest BCUT2D eigenvalue weighted by Crippen LogP contribution is 2.31. The minimum absolute atomic E-state index is 0.129. The van der Waals surface area contributed by atoms with Gasteiger partial charge in [0.05, 0.1) is 16.8 Å². The lowest BCUT2D eigenvalue weighted by atomic mass is 10.1. The van der Waals surface area contributed by atoms with Crippen LogP contribution in [0.15, 0.2) is 42.5 Å². The van der Waals surface area contributed by atoms with Crippen LogP contribution in [0.5, 0.6) is 5.75 Å². The Kier molecular flexibility index (Phi) is 4.42. The fourth-order valence-electron chi connectivity index (χ4n) is 3.46. The quantitative estimate of drug-likeness (QED) is 0.774. The molecule has 2 heterocycles. The molecule has 2 aromatic rings. The third kappa shape index (κ3) is 2.97. The Hall–Kier alpha value is -2.73. The van der Waals surface area contributed by atoms with Crippen LogP contribution in [0.3, 0.4) is 0 Å². The number of benzene rings is 2. The number of hydrogen-bond donors (Lipinski definition) is 0. The van der Waals surface area contributed by atoms with E-state index in [9.17, 15) is 14.0 Å². The summed E-state index contributed by atoms with van der Waals surface area (Å²) in [6, 6.07) is 10.8. The molecule has 0 aromatic heterocycles. The van der Waals surface area contributed by atoms with Crippen LogP contribution in [-0.4, -0.2) is 43.0 Å². The Morgan fingerprint density at radius 2 is 1.62 bits per heavy atom. The number of amides is 2. The maximum atomic E-state index is 14.4. The fourth-order valence-corrected chi connectivity index (χ4v) is 3.46. The molecule has 4 rings (SSSR count). The Balaban J connectivity index is 1.48. The van der Waals surface area contributed by atoms with Gasteiger partial charge in [-0.2, -0.15) is 0 Å². The number of rotatable bonds is 5. The second-order valence-corrected chi connectivity index (χ2v) is 6.50. The van der Waals surface area contributed by atoms with Gasteiger partial charge >= 0.3 is 0 Å². The van der Waals surface area contributed by atoms with Crippen molar-refractivity contribution in [1.29, 1.82) is 0 Å². The molecule has 2 amide bonds. The highest BCUT2D eigenvalue weighted by atomic mass is 19.1. The van der Waals surface area contributed by atoms with Gasteiger partial charge < -0.3 is 4.74 Å². The Labute approximate surface area is 151 Å².